The molecule has 1 aliphatic heterocycles. The second kappa shape index (κ2) is 7.63. The van der Waals surface area contributed by atoms with Crippen molar-refractivity contribution in [1.82, 2.24) is 14.0 Å². The molecule has 3 rings (SSSR count). The fraction of sp³-hybridized carbons (Fsp3) is 0.450. The minimum Gasteiger partial charge on any atom is -0.384 e. The molecule has 1 aromatic carbocycles. The van der Waals surface area contributed by atoms with Crippen LogP contribution < -0.4 is 21.9 Å². The number of aryl methyl sites for hydroxylation is 1. The second-order valence-electron chi connectivity index (χ2n) is 7.32. The monoisotopic (exact) mass is 385 g/mol. The number of nitrogen functional groups attached to an aromatic ring is 1. The Hall–Kier alpha value is -2.87. The molecular formula is C20H27N5O3. The Morgan fingerprint density at radius 2 is 1.64 bits per heavy atom. The van der Waals surface area contributed by atoms with E-state index in [4.69, 9.17) is 5.73 Å². The van der Waals surface area contributed by atoms with Crippen molar-refractivity contribution in [3.05, 3.63) is 56.2 Å². The van der Waals surface area contributed by atoms with Crippen LogP contribution in [0, 0.1) is 6.92 Å². The van der Waals surface area contributed by atoms with Gasteiger partial charge in [-0.3, -0.25) is 23.6 Å². The van der Waals surface area contributed by atoms with Crippen LogP contribution in [0.15, 0.2) is 33.9 Å². The van der Waals surface area contributed by atoms with Gasteiger partial charge in [0.25, 0.3) is 5.56 Å². The van der Waals surface area contributed by atoms with Crippen LogP contribution >= 0.6 is 0 Å². The fourth-order valence-electron chi connectivity index (χ4n) is 3.73. The maximum absolute atomic E-state index is 13.0. The molecule has 1 unspecified atom stereocenters. The molecule has 2 heterocycles. The van der Waals surface area contributed by atoms with Crippen LogP contribution in [0.5, 0.6) is 0 Å². The molecule has 2 N–H and O–H groups in total. The van der Waals surface area contributed by atoms with E-state index in [2.05, 4.69) is 28.9 Å². The van der Waals surface area contributed by atoms with Gasteiger partial charge in [-0.1, -0.05) is 18.2 Å². The van der Waals surface area contributed by atoms with E-state index in [0.717, 1.165) is 22.2 Å². The third kappa shape index (κ3) is 3.35. The van der Waals surface area contributed by atoms with Crippen molar-refractivity contribution in [1.29, 1.82) is 0 Å². The summed E-state index contributed by atoms with van der Waals surface area (Å²) >= 11 is 0. The van der Waals surface area contributed by atoms with E-state index in [0.29, 0.717) is 13.1 Å². The van der Waals surface area contributed by atoms with E-state index in [9.17, 15) is 14.4 Å². The molecule has 0 saturated carbocycles. The quantitative estimate of drug-likeness (QED) is 0.765. The van der Waals surface area contributed by atoms with E-state index in [1.165, 1.54) is 25.3 Å². The average Bonchev–Trinajstić information content (AvgIpc) is 2.71. The molecule has 1 atom stereocenters. The summed E-state index contributed by atoms with van der Waals surface area (Å²) in [5.41, 5.74) is 7.07. The predicted molar refractivity (Wildman–Crippen MR) is 110 cm³/mol. The van der Waals surface area contributed by atoms with E-state index in [1.54, 1.807) is 6.92 Å². The lowest BCUT2D eigenvalue weighted by atomic mass is 10.0. The lowest BCUT2D eigenvalue weighted by Crippen LogP contribution is -2.53. The summed E-state index contributed by atoms with van der Waals surface area (Å²) in [7, 11) is 2.81. The van der Waals surface area contributed by atoms with E-state index >= 15 is 0 Å². The smallest absolute Gasteiger partial charge is 0.332 e. The molecular weight excluding hydrogens is 358 g/mol. The van der Waals surface area contributed by atoms with Crippen LogP contribution in [0.3, 0.4) is 0 Å². The normalized spacial score (nSPS) is 16.2. The van der Waals surface area contributed by atoms with Gasteiger partial charge < -0.3 is 10.6 Å². The molecule has 1 aliphatic rings. The number of rotatable bonds is 4. The van der Waals surface area contributed by atoms with Gasteiger partial charge in [-0.05, 0) is 25.5 Å². The topological polar surface area (TPSA) is 93.6 Å². The van der Waals surface area contributed by atoms with Crippen molar-refractivity contribution in [3.63, 3.8) is 0 Å². The van der Waals surface area contributed by atoms with Crippen LogP contribution in [0.1, 0.15) is 22.8 Å². The van der Waals surface area contributed by atoms with Crippen LogP contribution in [-0.4, -0.2) is 52.0 Å². The summed E-state index contributed by atoms with van der Waals surface area (Å²) in [4.78, 5) is 41.9. The first-order valence-corrected chi connectivity index (χ1v) is 9.38. The summed E-state index contributed by atoms with van der Waals surface area (Å²) in [5, 5.41) is 0. The van der Waals surface area contributed by atoms with Crippen LogP contribution in [0.2, 0.25) is 0 Å². The van der Waals surface area contributed by atoms with E-state index in [-0.39, 0.29) is 17.2 Å². The van der Waals surface area contributed by atoms with Gasteiger partial charge in [0.1, 0.15) is 11.4 Å². The van der Waals surface area contributed by atoms with Gasteiger partial charge in [0.2, 0.25) is 0 Å². The Kier molecular flexibility index (Phi) is 5.42. The van der Waals surface area contributed by atoms with Gasteiger partial charge in [-0.2, -0.15) is 0 Å². The number of para-hydroxylation sites is 1. The number of Topliss-reactive ketones (excluding diaryl/α,β-unsaturated/α-hetero) is 1. The van der Waals surface area contributed by atoms with Gasteiger partial charge >= 0.3 is 5.69 Å². The molecule has 28 heavy (non-hydrogen) atoms. The second-order valence-corrected chi connectivity index (χ2v) is 7.32. The minimum atomic E-state index is -0.643. The lowest BCUT2D eigenvalue weighted by molar-refractivity contribution is 0.0827. The number of hydrogen-bond donors (Lipinski definition) is 1. The fourth-order valence-corrected chi connectivity index (χ4v) is 3.73. The van der Waals surface area contributed by atoms with Crippen molar-refractivity contribution < 1.29 is 4.79 Å². The molecule has 0 bridgehead atoms. The van der Waals surface area contributed by atoms with E-state index < -0.39 is 17.3 Å². The number of aromatic nitrogens is 2. The molecule has 2 aromatic rings. The zero-order valence-corrected chi connectivity index (χ0v) is 16.8. The van der Waals surface area contributed by atoms with Crippen molar-refractivity contribution in [3.8, 4) is 0 Å². The third-order valence-corrected chi connectivity index (χ3v) is 5.65. The van der Waals surface area contributed by atoms with Crippen LogP contribution in [0.4, 0.5) is 11.5 Å². The van der Waals surface area contributed by atoms with Gasteiger partial charge in [0, 0.05) is 46.0 Å². The standard InChI is InChI=1S/C20H27N5O3/c1-13-7-5-6-8-15(13)25-11-9-24(10-12-25)14(2)17(26)16-18(21)22(3)20(28)23(4)19(16)27/h5-8,14H,9-12,21H2,1-4H3. The largest absolute Gasteiger partial charge is 0.384 e. The maximum atomic E-state index is 13.0. The zero-order chi connectivity index (χ0) is 20.6. The SMILES string of the molecule is Cc1ccccc1N1CCN(C(C)C(=O)c2c(N)n(C)c(=O)n(C)c2=O)CC1. The number of nitrogens with two attached hydrogens (primary N) is 1. The molecule has 1 fully saturated rings. The number of nitrogens with zero attached hydrogens (tertiary/aromatic N) is 4. The zero-order valence-electron chi connectivity index (χ0n) is 16.8. The van der Waals surface area contributed by atoms with Gasteiger partial charge in [-0.15, -0.1) is 0 Å². The van der Waals surface area contributed by atoms with E-state index in [1.807, 2.05) is 12.1 Å². The summed E-state index contributed by atoms with van der Waals surface area (Å²) in [6.45, 7) is 6.87. The first-order chi connectivity index (χ1) is 13.2. The highest BCUT2D eigenvalue weighted by atomic mass is 16.2. The summed E-state index contributed by atoms with van der Waals surface area (Å²) < 4.78 is 2.06. The number of carbonyl (C=O) groups excluding carboxylic acids is 1. The minimum absolute atomic E-state index is 0.0801. The predicted octanol–water partition coefficient (Wildman–Crippen LogP) is 0.368. The number of hydrogen-bond acceptors (Lipinski definition) is 6. The Balaban J connectivity index is 1.79. The summed E-state index contributed by atoms with van der Waals surface area (Å²) in [5.74, 6) is -0.429. The highest BCUT2D eigenvalue weighted by Gasteiger charge is 2.30. The molecule has 0 amide bonds. The molecule has 1 saturated heterocycles. The number of benzene rings is 1. The highest BCUT2D eigenvalue weighted by Crippen LogP contribution is 2.22. The molecule has 0 aliphatic carbocycles. The molecule has 1 aromatic heterocycles. The van der Waals surface area contributed by atoms with Crippen molar-refractivity contribution in [2.75, 3.05) is 36.8 Å². The highest BCUT2D eigenvalue weighted by molar-refractivity contribution is 6.03. The van der Waals surface area contributed by atoms with Crippen LogP contribution in [0.25, 0.3) is 0 Å². The van der Waals surface area contributed by atoms with Gasteiger partial charge in [0.15, 0.2) is 5.78 Å². The molecule has 150 valence electrons. The first kappa shape index (κ1) is 19.9. The van der Waals surface area contributed by atoms with Crippen molar-refractivity contribution in [2.24, 2.45) is 14.1 Å². The molecule has 0 spiro atoms. The molecule has 8 heteroatoms. The Morgan fingerprint density at radius 1 is 1.04 bits per heavy atom. The number of ketones is 1. The van der Waals surface area contributed by atoms with Gasteiger partial charge in [-0.25, -0.2) is 4.79 Å². The number of carbonyl (C=O) groups is 1. The molecule has 0 radical (unpaired) electrons. The Morgan fingerprint density at radius 3 is 2.25 bits per heavy atom. The van der Waals surface area contributed by atoms with Gasteiger partial charge in [0.05, 0.1) is 6.04 Å². The average molecular weight is 385 g/mol. The van der Waals surface area contributed by atoms with Crippen LogP contribution in [-0.2, 0) is 14.1 Å². The summed E-state index contributed by atoms with van der Waals surface area (Å²) in [6.07, 6.45) is 0. The third-order valence-electron chi connectivity index (χ3n) is 5.65. The number of piperazine rings is 1. The van der Waals surface area contributed by atoms with Crippen molar-refractivity contribution >= 4 is 17.3 Å². The Labute approximate surface area is 163 Å². The lowest BCUT2D eigenvalue weighted by Gasteiger charge is -2.39. The Bertz CT molecular complexity index is 1020. The first-order valence-electron chi connectivity index (χ1n) is 9.38. The summed E-state index contributed by atoms with van der Waals surface area (Å²) in [6, 6.07) is 7.75. The maximum Gasteiger partial charge on any atom is 0.332 e. The van der Waals surface area contributed by atoms with Crippen molar-refractivity contribution in [2.45, 2.75) is 19.9 Å². The molecule has 8 nitrogen and oxygen atoms in total. The number of anilines is 2.